The molecule has 2 aromatic rings. The van der Waals surface area contributed by atoms with Crippen LogP contribution in [0.5, 0.6) is 0 Å². The van der Waals surface area contributed by atoms with Gasteiger partial charge in [-0.05, 0) is 32.8 Å². The molecule has 1 saturated heterocycles. The molecule has 1 atom stereocenters. The molecule has 1 aromatic heterocycles. The lowest BCUT2D eigenvalue weighted by Gasteiger charge is -2.35. The summed E-state index contributed by atoms with van der Waals surface area (Å²) in [5.41, 5.74) is 0.934. The summed E-state index contributed by atoms with van der Waals surface area (Å²) in [5.74, 6) is 0.802. The first-order chi connectivity index (χ1) is 12.9. The topological polar surface area (TPSA) is 106 Å². The molecule has 9 nitrogen and oxygen atoms in total. The molecule has 1 N–H and O–H groups in total. The van der Waals surface area contributed by atoms with E-state index in [-0.39, 0.29) is 23.6 Å². The number of carbonyl (C=O) groups is 1. The molecule has 0 spiro atoms. The van der Waals surface area contributed by atoms with E-state index in [0.29, 0.717) is 17.8 Å². The van der Waals surface area contributed by atoms with Crippen molar-refractivity contribution < 1.29 is 9.72 Å². The van der Waals surface area contributed by atoms with Crippen molar-refractivity contribution in [3.05, 3.63) is 46.0 Å². The zero-order chi connectivity index (χ0) is 19.6. The summed E-state index contributed by atoms with van der Waals surface area (Å²) in [6.07, 6.45) is 3.69. The highest BCUT2D eigenvalue weighted by Gasteiger charge is 2.28. The van der Waals surface area contributed by atoms with Gasteiger partial charge >= 0.3 is 0 Å². The van der Waals surface area contributed by atoms with E-state index < -0.39 is 4.92 Å². The van der Waals surface area contributed by atoms with Gasteiger partial charge in [0, 0.05) is 44.2 Å². The van der Waals surface area contributed by atoms with Crippen LogP contribution in [0.25, 0.3) is 0 Å². The number of piperidine rings is 1. The Bertz CT molecular complexity index is 847. The quantitative estimate of drug-likeness (QED) is 0.638. The van der Waals surface area contributed by atoms with Crippen LogP contribution in [0.2, 0.25) is 0 Å². The Kier molecular flexibility index (Phi) is 5.38. The maximum atomic E-state index is 12.3. The lowest BCUT2D eigenvalue weighted by atomic mass is 9.95. The number of hydrogen-bond acceptors (Lipinski definition) is 6. The fraction of sp³-hybridized carbons (Fsp3) is 0.500. The Hall–Kier alpha value is -2.97. The Morgan fingerprint density at radius 3 is 2.85 bits per heavy atom. The van der Waals surface area contributed by atoms with E-state index in [1.807, 2.05) is 0 Å². The van der Waals surface area contributed by atoms with Crippen LogP contribution in [-0.2, 0) is 0 Å². The van der Waals surface area contributed by atoms with Gasteiger partial charge in [-0.2, -0.15) is 0 Å². The maximum absolute atomic E-state index is 12.3. The number of anilines is 1. The van der Waals surface area contributed by atoms with Crippen molar-refractivity contribution in [1.29, 1.82) is 0 Å². The second-order valence-electron chi connectivity index (χ2n) is 7.01. The number of nitro benzene ring substituents is 1. The molecule has 144 valence electrons. The van der Waals surface area contributed by atoms with Crippen molar-refractivity contribution in [3.63, 3.8) is 0 Å². The van der Waals surface area contributed by atoms with Crippen molar-refractivity contribution in [2.45, 2.75) is 38.6 Å². The van der Waals surface area contributed by atoms with Gasteiger partial charge in [-0.3, -0.25) is 14.9 Å². The summed E-state index contributed by atoms with van der Waals surface area (Å²) in [6.45, 7) is 5.66. The minimum Gasteiger partial charge on any atom is -0.370 e. The number of nitrogens with zero attached hydrogens (tertiary/aromatic N) is 5. The number of rotatable bonds is 5. The zero-order valence-electron chi connectivity index (χ0n) is 15.8. The van der Waals surface area contributed by atoms with E-state index in [1.54, 1.807) is 12.4 Å². The van der Waals surface area contributed by atoms with Crippen LogP contribution < -0.4 is 10.2 Å². The summed E-state index contributed by atoms with van der Waals surface area (Å²) >= 11 is 0. The normalized spacial score (nSPS) is 17.2. The van der Waals surface area contributed by atoms with Crippen molar-refractivity contribution >= 4 is 17.3 Å². The largest absolute Gasteiger partial charge is 0.370 e. The molecule has 1 aliphatic rings. The van der Waals surface area contributed by atoms with Gasteiger partial charge in [0.2, 0.25) is 0 Å². The molecule has 0 radical (unpaired) electrons. The van der Waals surface area contributed by atoms with E-state index in [2.05, 4.69) is 38.8 Å². The second-order valence-corrected chi connectivity index (χ2v) is 7.01. The molecule has 1 aliphatic heterocycles. The molecule has 0 aliphatic carbocycles. The highest BCUT2D eigenvalue weighted by molar-refractivity contribution is 6.00. The van der Waals surface area contributed by atoms with Crippen molar-refractivity contribution in [1.82, 2.24) is 20.1 Å². The van der Waals surface area contributed by atoms with E-state index in [9.17, 15) is 14.9 Å². The van der Waals surface area contributed by atoms with E-state index in [0.717, 1.165) is 25.2 Å². The van der Waals surface area contributed by atoms with Crippen LogP contribution in [0.15, 0.2) is 24.5 Å². The molecule has 2 heterocycles. The number of carbonyl (C=O) groups excluding carboxylic acids is 1. The van der Waals surface area contributed by atoms with Gasteiger partial charge in [-0.25, -0.2) is 0 Å². The summed E-state index contributed by atoms with van der Waals surface area (Å²) in [7, 11) is 1.52. The predicted molar refractivity (Wildman–Crippen MR) is 101 cm³/mol. The number of non-ortho nitro benzene ring substituents is 1. The van der Waals surface area contributed by atoms with Crippen LogP contribution in [0.3, 0.4) is 0 Å². The lowest BCUT2D eigenvalue weighted by molar-refractivity contribution is -0.384. The average molecular weight is 372 g/mol. The molecule has 1 unspecified atom stereocenters. The first-order valence-corrected chi connectivity index (χ1v) is 9.07. The van der Waals surface area contributed by atoms with Gasteiger partial charge < -0.3 is 14.8 Å². The summed E-state index contributed by atoms with van der Waals surface area (Å²) in [5, 5.41) is 22.1. The molecule has 0 bridgehead atoms. The SMILES string of the molecule is CNC(=O)c1cc([N+](=O)[O-])ccc1N1CCCC(c2nncn2C(C)C)C1. The van der Waals surface area contributed by atoms with Gasteiger partial charge in [0.15, 0.2) is 0 Å². The molecular formula is C18H24N6O3. The molecule has 9 heteroatoms. The number of amides is 1. The van der Waals surface area contributed by atoms with Gasteiger partial charge in [0.05, 0.1) is 16.2 Å². The Morgan fingerprint density at radius 1 is 1.41 bits per heavy atom. The van der Waals surface area contributed by atoms with Crippen molar-refractivity contribution in [2.24, 2.45) is 0 Å². The molecule has 1 amide bonds. The number of hydrogen-bond donors (Lipinski definition) is 1. The summed E-state index contributed by atoms with van der Waals surface area (Å²) < 4.78 is 2.07. The summed E-state index contributed by atoms with van der Waals surface area (Å²) in [6, 6.07) is 4.72. The molecule has 0 saturated carbocycles. The Balaban J connectivity index is 1.93. The molecule has 1 fully saturated rings. The molecule has 27 heavy (non-hydrogen) atoms. The minimum atomic E-state index is -0.486. The number of nitro groups is 1. The average Bonchev–Trinajstić information content (AvgIpc) is 3.17. The van der Waals surface area contributed by atoms with Gasteiger partial charge in [-0.15, -0.1) is 10.2 Å². The first-order valence-electron chi connectivity index (χ1n) is 9.07. The first kappa shape index (κ1) is 18.8. The van der Waals surface area contributed by atoms with Crippen LogP contribution in [0.1, 0.15) is 54.8 Å². The van der Waals surface area contributed by atoms with Crippen molar-refractivity contribution in [3.8, 4) is 0 Å². The van der Waals surface area contributed by atoms with Crippen LogP contribution in [0, 0.1) is 10.1 Å². The Labute approximate surface area is 157 Å². The van der Waals surface area contributed by atoms with Gasteiger partial charge in [0.25, 0.3) is 11.6 Å². The number of nitrogens with one attached hydrogen (secondary N) is 1. The smallest absolute Gasteiger partial charge is 0.270 e. The molecular weight excluding hydrogens is 348 g/mol. The molecule has 1 aromatic carbocycles. The van der Waals surface area contributed by atoms with Crippen molar-refractivity contribution in [2.75, 3.05) is 25.0 Å². The maximum Gasteiger partial charge on any atom is 0.270 e. The third-order valence-electron chi connectivity index (χ3n) is 4.95. The minimum absolute atomic E-state index is 0.0922. The summed E-state index contributed by atoms with van der Waals surface area (Å²) in [4.78, 5) is 25.0. The third kappa shape index (κ3) is 3.76. The third-order valence-corrected chi connectivity index (χ3v) is 4.95. The van der Waals surface area contributed by atoms with E-state index >= 15 is 0 Å². The zero-order valence-corrected chi connectivity index (χ0v) is 15.8. The lowest BCUT2D eigenvalue weighted by Crippen LogP contribution is -2.37. The standard InChI is InChI=1S/C18H24N6O3/c1-12(2)23-11-20-21-17(23)13-5-4-8-22(10-13)16-7-6-14(24(26)27)9-15(16)18(25)19-3/h6-7,9,11-13H,4-5,8,10H2,1-3H3,(H,19,25). The van der Waals surface area contributed by atoms with Crippen LogP contribution in [-0.4, -0.2) is 45.7 Å². The monoisotopic (exact) mass is 372 g/mol. The predicted octanol–water partition coefficient (Wildman–Crippen LogP) is 2.51. The number of aromatic nitrogens is 3. The van der Waals surface area contributed by atoms with Gasteiger partial charge in [-0.1, -0.05) is 0 Å². The Morgan fingerprint density at radius 2 is 2.19 bits per heavy atom. The van der Waals surface area contributed by atoms with Crippen LogP contribution >= 0.6 is 0 Å². The molecule has 3 rings (SSSR count). The highest BCUT2D eigenvalue weighted by Crippen LogP contribution is 2.33. The van der Waals surface area contributed by atoms with E-state index in [4.69, 9.17) is 0 Å². The van der Waals surface area contributed by atoms with E-state index in [1.165, 1.54) is 19.2 Å². The fourth-order valence-corrected chi connectivity index (χ4v) is 3.58. The highest BCUT2D eigenvalue weighted by atomic mass is 16.6. The van der Waals surface area contributed by atoms with Gasteiger partial charge in [0.1, 0.15) is 12.2 Å². The second kappa shape index (κ2) is 7.73. The number of benzene rings is 1. The van der Waals surface area contributed by atoms with Crippen LogP contribution in [0.4, 0.5) is 11.4 Å². The fourth-order valence-electron chi connectivity index (χ4n) is 3.58.